The second kappa shape index (κ2) is 48.7. The number of hydrogen-bond donors (Lipinski definition) is 6. The molecule has 0 aliphatic carbocycles. The number of ether oxygens (including phenoxy) is 2. The lowest BCUT2D eigenvalue weighted by atomic mass is 9.99. The van der Waals surface area contributed by atoms with Crippen molar-refractivity contribution in [1.82, 2.24) is 5.32 Å². The highest BCUT2D eigenvalue weighted by Crippen LogP contribution is 2.26. The van der Waals surface area contributed by atoms with E-state index in [1.54, 1.807) is 0 Å². The van der Waals surface area contributed by atoms with E-state index in [1.165, 1.54) is 231 Å². The summed E-state index contributed by atoms with van der Waals surface area (Å²) in [6, 6.07) is -0.852. The minimum atomic E-state index is -5.07. The van der Waals surface area contributed by atoms with Gasteiger partial charge in [-0.3, -0.25) is 9.35 Å². The predicted octanol–water partition coefficient (Wildman–Crippen LogP) is 14.5. The molecule has 13 heteroatoms. The normalized spacial score (nSPS) is 19.3. The van der Waals surface area contributed by atoms with Crippen LogP contribution in [-0.2, 0) is 28.9 Å². The molecule has 7 atom stereocenters. The minimum Gasteiger partial charge on any atom is -0.394 e. The molecule has 0 spiro atoms. The molecule has 1 rings (SSSR count). The molecular weight excluding hydrogens is 919 g/mol. The van der Waals surface area contributed by atoms with E-state index in [0.29, 0.717) is 12.8 Å². The fourth-order valence-corrected chi connectivity index (χ4v) is 10.7. The first-order valence-corrected chi connectivity index (χ1v) is 31.8. The van der Waals surface area contributed by atoms with Crippen LogP contribution in [0.4, 0.5) is 0 Å². The third kappa shape index (κ3) is 41.0. The molecule has 1 aliphatic rings. The van der Waals surface area contributed by atoms with Crippen molar-refractivity contribution in [2.75, 3.05) is 13.2 Å². The number of amides is 1. The second-order valence-electron chi connectivity index (χ2n) is 21.7. The molecule has 7 unspecified atom stereocenters. The molecule has 424 valence electrons. The molecule has 0 aromatic rings. The molecule has 1 aliphatic heterocycles. The summed E-state index contributed by atoms with van der Waals surface area (Å²) in [6.45, 7) is 3.48. The third-order valence-electron chi connectivity index (χ3n) is 14.9. The second-order valence-corrected chi connectivity index (χ2v) is 22.7. The van der Waals surface area contributed by atoms with Crippen LogP contribution >= 0.6 is 0 Å². The summed E-state index contributed by atoms with van der Waals surface area (Å²) in [5.41, 5.74) is 0. The maximum atomic E-state index is 13.1. The van der Waals surface area contributed by atoms with E-state index in [1.807, 2.05) is 0 Å². The predicted molar refractivity (Wildman–Crippen MR) is 292 cm³/mol. The van der Waals surface area contributed by atoms with E-state index < -0.39 is 59.9 Å². The monoisotopic (exact) mass is 1030 g/mol. The molecule has 1 amide bonds. The number of aliphatic hydroxyl groups excluding tert-OH is 4. The van der Waals surface area contributed by atoms with Crippen LogP contribution in [-0.4, -0.2) is 95.4 Å². The summed E-state index contributed by atoms with van der Waals surface area (Å²) < 4.78 is 47.8. The van der Waals surface area contributed by atoms with Crippen LogP contribution in [0, 0.1) is 0 Å². The first-order valence-electron chi connectivity index (χ1n) is 30.4. The van der Waals surface area contributed by atoms with Crippen LogP contribution in [0.2, 0.25) is 0 Å². The average molecular weight is 1030 g/mol. The fourth-order valence-electron chi connectivity index (χ4n) is 10.2. The lowest BCUT2D eigenvalue weighted by Crippen LogP contribution is -2.61. The van der Waals surface area contributed by atoms with Crippen LogP contribution < -0.4 is 5.32 Å². The van der Waals surface area contributed by atoms with Crippen molar-refractivity contribution in [1.29, 1.82) is 0 Å². The number of hydrogen-bond acceptors (Lipinski definition) is 10. The minimum absolute atomic E-state index is 0.223. The Morgan fingerprint density at radius 2 is 0.817 bits per heavy atom. The van der Waals surface area contributed by atoms with Crippen LogP contribution in [0.15, 0.2) is 0 Å². The van der Waals surface area contributed by atoms with Crippen LogP contribution in [0.25, 0.3) is 0 Å². The highest BCUT2D eigenvalue weighted by atomic mass is 32.3. The van der Waals surface area contributed by atoms with Crippen LogP contribution in [0.5, 0.6) is 0 Å². The van der Waals surface area contributed by atoms with Gasteiger partial charge < -0.3 is 35.2 Å². The zero-order valence-corrected chi connectivity index (χ0v) is 46.9. The van der Waals surface area contributed by atoms with E-state index in [-0.39, 0.29) is 12.5 Å². The Kier molecular flexibility index (Phi) is 46.7. The third-order valence-corrected chi connectivity index (χ3v) is 15.4. The van der Waals surface area contributed by atoms with Gasteiger partial charge in [-0.1, -0.05) is 290 Å². The number of carbonyl (C=O) groups excluding carboxylic acids is 1. The van der Waals surface area contributed by atoms with Gasteiger partial charge in [0.2, 0.25) is 5.91 Å². The van der Waals surface area contributed by atoms with Crippen molar-refractivity contribution in [2.24, 2.45) is 0 Å². The molecule has 0 saturated carbocycles. The Bertz CT molecular complexity index is 1260. The van der Waals surface area contributed by atoms with Crippen LogP contribution in [0.3, 0.4) is 0 Å². The highest BCUT2D eigenvalue weighted by molar-refractivity contribution is 7.80. The summed E-state index contributed by atoms with van der Waals surface area (Å²) in [5, 5.41) is 45.0. The number of nitrogens with one attached hydrogen (secondary N) is 1. The summed E-state index contributed by atoms with van der Waals surface area (Å²) in [5.74, 6) is -0.223. The standard InChI is InChI=1S/C58H115NO11S/c1-3-5-7-9-11-13-15-16-17-18-19-20-21-22-23-24-25-26-27-28-29-30-31-32-33-34-35-36-38-40-42-44-46-48-54(62)59-51(52(61)47-45-43-41-39-37-14-12-10-8-6-4-2)50-68-58-56(64)57(70-71(65,66)67)55(63)53(49-60)69-58/h51-53,55-58,60-61,63-64H,3-50H2,1-2H3,(H,59,62)(H,65,66,67). The van der Waals surface area contributed by atoms with Gasteiger partial charge in [0.25, 0.3) is 0 Å². The van der Waals surface area contributed by atoms with Gasteiger partial charge in [-0.05, 0) is 12.8 Å². The molecule has 1 fully saturated rings. The SMILES string of the molecule is CCCCCCCCCCCCCCCCCCCCCCCCCCCCCCCCCCCC(=O)NC(COC1OC(CO)C(O)C(OS(=O)(=O)O)C1O)C(O)CCCCCCCCCCCCC. The Morgan fingerprint density at radius 1 is 0.507 bits per heavy atom. The van der Waals surface area contributed by atoms with Gasteiger partial charge in [0.15, 0.2) is 6.29 Å². The first kappa shape index (κ1) is 68.1. The van der Waals surface area contributed by atoms with Gasteiger partial charge in [-0.25, -0.2) is 4.18 Å². The van der Waals surface area contributed by atoms with E-state index in [0.717, 1.165) is 51.4 Å². The Balaban J connectivity index is 2.16. The maximum absolute atomic E-state index is 13.1. The molecule has 71 heavy (non-hydrogen) atoms. The van der Waals surface area contributed by atoms with E-state index in [9.17, 15) is 38.2 Å². The first-order chi connectivity index (χ1) is 34.5. The molecule has 1 heterocycles. The highest BCUT2D eigenvalue weighted by Gasteiger charge is 2.48. The number of unbranched alkanes of at least 4 members (excludes halogenated alkanes) is 42. The summed E-state index contributed by atoms with van der Waals surface area (Å²) in [7, 11) is -5.07. The molecular formula is C58H115NO11S. The summed E-state index contributed by atoms with van der Waals surface area (Å²) in [6.07, 6.45) is 48.7. The topological polar surface area (TPSA) is 192 Å². The van der Waals surface area contributed by atoms with Gasteiger partial charge in [-0.2, -0.15) is 8.42 Å². The Hall–Kier alpha value is -0.900. The van der Waals surface area contributed by atoms with E-state index >= 15 is 0 Å². The average Bonchev–Trinajstić information content (AvgIpc) is 3.34. The van der Waals surface area contributed by atoms with Gasteiger partial charge in [-0.15, -0.1) is 0 Å². The maximum Gasteiger partial charge on any atom is 0.397 e. The molecule has 0 bridgehead atoms. The molecule has 1 saturated heterocycles. The van der Waals surface area contributed by atoms with Crippen molar-refractivity contribution in [2.45, 2.75) is 352 Å². The Morgan fingerprint density at radius 3 is 1.13 bits per heavy atom. The van der Waals surface area contributed by atoms with Gasteiger partial charge in [0.1, 0.15) is 24.4 Å². The van der Waals surface area contributed by atoms with Crippen molar-refractivity contribution in [3.63, 3.8) is 0 Å². The Labute approximate surface area is 437 Å². The molecule has 0 aromatic carbocycles. The van der Waals surface area contributed by atoms with E-state index in [4.69, 9.17) is 9.47 Å². The zero-order valence-electron chi connectivity index (χ0n) is 46.1. The fraction of sp³-hybridized carbons (Fsp3) is 0.983. The zero-order chi connectivity index (χ0) is 51.9. The molecule has 6 N–H and O–H groups in total. The summed E-state index contributed by atoms with van der Waals surface area (Å²) >= 11 is 0. The van der Waals surface area contributed by atoms with Crippen molar-refractivity contribution < 1.29 is 51.8 Å². The van der Waals surface area contributed by atoms with Gasteiger partial charge in [0.05, 0.1) is 25.4 Å². The van der Waals surface area contributed by atoms with Gasteiger partial charge in [0, 0.05) is 6.42 Å². The van der Waals surface area contributed by atoms with Gasteiger partial charge >= 0.3 is 10.4 Å². The molecule has 12 nitrogen and oxygen atoms in total. The van der Waals surface area contributed by atoms with Crippen molar-refractivity contribution in [3.05, 3.63) is 0 Å². The lowest BCUT2D eigenvalue weighted by molar-refractivity contribution is -0.298. The number of carbonyl (C=O) groups is 1. The van der Waals surface area contributed by atoms with Crippen LogP contribution in [0.1, 0.15) is 309 Å². The molecule has 0 aromatic heterocycles. The van der Waals surface area contributed by atoms with Crippen molar-refractivity contribution >= 4 is 16.3 Å². The quantitative estimate of drug-likeness (QED) is 0.0251. The number of aliphatic hydroxyl groups is 4. The van der Waals surface area contributed by atoms with E-state index in [2.05, 4.69) is 23.3 Å². The lowest BCUT2D eigenvalue weighted by Gasteiger charge is -2.41. The molecule has 0 radical (unpaired) electrons. The summed E-state index contributed by atoms with van der Waals surface area (Å²) in [4.78, 5) is 13.1. The number of rotatable bonds is 54. The van der Waals surface area contributed by atoms with Crippen molar-refractivity contribution in [3.8, 4) is 0 Å². The largest absolute Gasteiger partial charge is 0.397 e. The smallest absolute Gasteiger partial charge is 0.394 e.